The number of carbonyl (C=O) groups is 1. The van der Waals surface area contributed by atoms with Crippen molar-refractivity contribution >= 4 is 38.3 Å². The van der Waals surface area contributed by atoms with Crippen LogP contribution >= 0.6 is 11.3 Å². The van der Waals surface area contributed by atoms with E-state index in [1.807, 2.05) is 44.2 Å². The van der Waals surface area contributed by atoms with Gasteiger partial charge in [-0.3, -0.25) is 10.2 Å². The molecule has 2 aromatic carbocycles. The lowest BCUT2D eigenvalue weighted by Gasteiger charge is -2.12. The first kappa shape index (κ1) is 16.4. The molecule has 0 radical (unpaired) electrons. The van der Waals surface area contributed by atoms with Crippen molar-refractivity contribution in [1.82, 2.24) is 4.98 Å². The van der Waals surface area contributed by atoms with Crippen LogP contribution in [0.1, 0.15) is 34.0 Å². The second kappa shape index (κ2) is 6.59. The number of hydrogen-bond acceptors (Lipinski definition) is 5. The summed E-state index contributed by atoms with van der Waals surface area (Å²) in [6, 6.07) is 9.66. The smallest absolute Gasteiger partial charge is 0.255 e. The minimum Gasteiger partial charge on any atom is -0.321 e. The van der Waals surface area contributed by atoms with Crippen LogP contribution in [0.2, 0.25) is 0 Å². The highest BCUT2D eigenvalue weighted by molar-refractivity contribution is 7.22. The molecule has 1 amide bonds. The number of nitrogens with two attached hydrogens (primary N) is 1. The Morgan fingerprint density at radius 3 is 2.58 bits per heavy atom. The second-order valence-corrected chi connectivity index (χ2v) is 6.71. The van der Waals surface area contributed by atoms with Gasteiger partial charge in [-0.05, 0) is 55.2 Å². The predicted molar refractivity (Wildman–Crippen MR) is 101 cm³/mol. The molecule has 0 spiro atoms. The van der Waals surface area contributed by atoms with E-state index in [0.29, 0.717) is 10.7 Å². The van der Waals surface area contributed by atoms with Gasteiger partial charge in [0.1, 0.15) is 0 Å². The van der Waals surface area contributed by atoms with Gasteiger partial charge < -0.3 is 5.32 Å². The molecule has 0 bridgehead atoms. The van der Waals surface area contributed by atoms with Crippen LogP contribution in [-0.4, -0.2) is 10.9 Å². The number of aryl methyl sites for hydroxylation is 3. The van der Waals surface area contributed by atoms with E-state index in [1.54, 1.807) is 0 Å². The molecular weight excluding hydrogens is 320 g/mol. The van der Waals surface area contributed by atoms with Crippen LogP contribution in [0.25, 0.3) is 10.2 Å². The number of carbonyl (C=O) groups excluding carboxylic acids is 1. The van der Waals surface area contributed by atoms with Crippen molar-refractivity contribution < 1.29 is 4.79 Å². The number of amides is 1. The number of nitrogen functional groups attached to an aromatic ring is 1. The van der Waals surface area contributed by atoms with Crippen LogP contribution in [0.15, 0.2) is 30.3 Å². The van der Waals surface area contributed by atoms with Gasteiger partial charge in [0, 0.05) is 11.3 Å². The van der Waals surface area contributed by atoms with Gasteiger partial charge in [0.2, 0.25) is 0 Å². The number of thiazole rings is 1. The van der Waals surface area contributed by atoms with E-state index in [9.17, 15) is 4.79 Å². The molecule has 124 valence electrons. The molecule has 3 aromatic rings. The van der Waals surface area contributed by atoms with Crippen LogP contribution in [0.4, 0.5) is 10.8 Å². The van der Waals surface area contributed by atoms with E-state index >= 15 is 0 Å². The van der Waals surface area contributed by atoms with Crippen molar-refractivity contribution in [2.75, 3.05) is 10.7 Å². The summed E-state index contributed by atoms with van der Waals surface area (Å²) in [6.07, 6.45) is 0.958. The lowest BCUT2D eigenvalue weighted by molar-refractivity contribution is 0.102. The molecule has 6 heteroatoms. The fourth-order valence-corrected chi connectivity index (χ4v) is 3.58. The molecule has 0 aliphatic carbocycles. The van der Waals surface area contributed by atoms with E-state index in [4.69, 9.17) is 5.84 Å². The third-order valence-corrected chi connectivity index (χ3v) is 5.22. The predicted octanol–water partition coefficient (Wildman–Crippen LogP) is 4.01. The van der Waals surface area contributed by atoms with Crippen LogP contribution < -0.4 is 16.6 Å². The van der Waals surface area contributed by atoms with Crippen molar-refractivity contribution in [2.45, 2.75) is 27.2 Å². The Labute approximate surface area is 144 Å². The number of fused-ring (bicyclic) bond motifs is 1. The van der Waals surface area contributed by atoms with Gasteiger partial charge in [-0.25, -0.2) is 10.8 Å². The van der Waals surface area contributed by atoms with Crippen molar-refractivity contribution in [3.05, 3.63) is 52.6 Å². The Kier molecular flexibility index (Phi) is 4.51. The molecule has 1 heterocycles. The molecular formula is C18H20N4OS. The standard InChI is InChI=1S/C18H20N4OS/c1-4-12-5-7-13(8-6-12)17(23)21-15-10(2)9-14-16(11(15)3)24-18(20-14)22-19/h5-9H,4,19H2,1-3H3,(H,20,22)(H,21,23). The van der Waals surface area contributed by atoms with E-state index in [-0.39, 0.29) is 5.91 Å². The van der Waals surface area contributed by atoms with Gasteiger partial charge in [0.05, 0.1) is 10.2 Å². The molecule has 0 aliphatic heterocycles. The summed E-state index contributed by atoms with van der Waals surface area (Å²) in [4.78, 5) is 17.0. The monoisotopic (exact) mass is 340 g/mol. The number of anilines is 2. The minimum atomic E-state index is -0.107. The van der Waals surface area contributed by atoms with Crippen LogP contribution in [0.3, 0.4) is 0 Å². The number of nitrogens with zero attached hydrogens (tertiary/aromatic N) is 1. The van der Waals surface area contributed by atoms with Gasteiger partial charge in [0.25, 0.3) is 5.91 Å². The first-order valence-corrected chi connectivity index (χ1v) is 8.62. The average Bonchev–Trinajstić information content (AvgIpc) is 3.01. The summed E-state index contributed by atoms with van der Waals surface area (Å²) >= 11 is 1.48. The summed E-state index contributed by atoms with van der Waals surface area (Å²) in [6.45, 7) is 6.05. The lowest BCUT2D eigenvalue weighted by atomic mass is 10.1. The van der Waals surface area contributed by atoms with E-state index < -0.39 is 0 Å². The Morgan fingerprint density at radius 2 is 1.96 bits per heavy atom. The number of benzene rings is 2. The first-order valence-electron chi connectivity index (χ1n) is 7.81. The number of hydrogen-bond donors (Lipinski definition) is 3. The number of aromatic nitrogens is 1. The fraction of sp³-hybridized carbons (Fsp3) is 0.222. The molecule has 4 N–H and O–H groups in total. The molecule has 0 unspecified atom stereocenters. The van der Waals surface area contributed by atoms with Gasteiger partial charge in [-0.15, -0.1) is 0 Å². The topological polar surface area (TPSA) is 80.0 Å². The van der Waals surface area contributed by atoms with Crippen LogP contribution in [0.5, 0.6) is 0 Å². The molecule has 0 saturated heterocycles. The molecule has 3 rings (SSSR count). The highest BCUT2D eigenvalue weighted by Crippen LogP contribution is 2.35. The molecule has 0 aliphatic rings. The lowest BCUT2D eigenvalue weighted by Crippen LogP contribution is -2.13. The maximum absolute atomic E-state index is 12.6. The highest BCUT2D eigenvalue weighted by atomic mass is 32.1. The maximum Gasteiger partial charge on any atom is 0.255 e. The number of nitrogens with one attached hydrogen (secondary N) is 2. The Hall–Kier alpha value is -2.44. The van der Waals surface area contributed by atoms with E-state index in [1.165, 1.54) is 16.9 Å². The van der Waals surface area contributed by atoms with Gasteiger partial charge >= 0.3 is 0 Å². The van der Waals surface area contributed by atoms with Crippen LogP contribution in [-0.2, 0) is 6.42 Å². The van der Waals surface area contributed by atoms with Gasteiger partial charge in [0.15, 0.2) is 5.13 Å². The highest BCUT2D eigenvalue weighted by Gasteiger charge is 2.15. The average molecular weight is 340 g/mol. The quantitative estimate of drug-likeness (QED) is 0.495. The van der Waals surface area contributed by atoms with Crippen LogP contribution in [0, 0.1) is 13.8 Å². The fourth-order valence-electron chi connectivity index (χ4n) is 2.72. The Bertz CT molecular complexity index is 900. The number of hydrazine groups is 1. The summed E-state index contributed by atoms with van der Waals surface area (Å²) in [5, 5.41) is 3.70. The number of rotatable bonds is 4. The Morgan fingerprint density at radius 1 is 1.25 bits per heavy atom. The molecule has 0 atom stereocenters. The summed E-state index contributed by atoms with van der Waals surface area (Å²) in [5.41, 5.74) is 8.14. The third-order valence-electron chi connectivity index (χ3n) is 4.10. The summed E-state index contributed by atoms with van der Waals surface area (Å²) in [7, 11) is 0. The molecule has 24 heavy (non-hydrogen) atoms. The molecule has 5 nitrogen and oxygen atoms in total. The van der Waals surface area contributed by atoms with Gasteiger partial charge in [-0.1, -0.05) is 30.4 Å². The van der Waals surface area contributed by atoms with Crippen molar-refractivity contribution in [2.24, 2.45) is 5.84 Å². The largest absolute Gasteiger partial charge is 0.321 e. The zero-order valence-corrected chi connectivity index (χ0v) is 14.8. The van der Waals surface area contributed by atoms with E-state index in [0.717, 1.165) is 33.5 Å². The summed E-state index contributed by atoms with van der Waals surface area (Å²) < 4.78 is 1.02. The first-order chi connectivity index (χ1) is 11.5. The zero-order valence-electron chi connectivity index (χ0n) is 13.9. The van der Waals surface area contributed by atoms with Gasteiger partial charge in [-0.2, -0.15) is 0 Å². The SMILES string of the molecule is CCc1ccc(C(=O)Nc2c(C)cc3nc(NN)sc3c2C)cc1. The normalized spacial score (nSPS) is 10.8. The van der Waals surface area contributed by atoms with Crippen molar-refractivity contribution in [1.29, 1.82) is 0 Å². The maximum atomic E-state index is 12.6. The molecule has 1 aromatic heterocycles. The molecule has 0 fully saturated rings. The second-order valence-electron chi connectivity index (χ2n) is 5.71. The van der Waals surface area contributed by atoms with Crippen molar-refractivity contribution in [3.8, 4) is 0 Å². The van der Waals surface area contributed by atoms with E-state index in [2.05, 4.69) is 22.7 Å². The Balaban J connectivity index is 1.94. The third kappa shape index (κ3) is 2.98. The zero-order chi connectivity index (χ0) is 17.3. The molecule has 0 saturated carbocycles. The van der Waals surface area contributed by atoms with Crippen molar-refractivity contribution in [3.63, 3.8) is 0 Å². The minimum absolute atomic E-state index is 0.107. The summed E-state index contributed by atoms with van der Waals surface area (Å²) in [5.74, 6) is 5.34.